The minimum Gasteiger partial charge on any atom is -0.453 e. The summed E-state index contributed by atoms with van der Waals surface area (Å²) in [4.78, 5) is 19.2. The molecule has 0 spiro atoms. The van der Waals surface area contributed by atoms with Crippen molar-refractivity contribution in [3.63, 3.8) is 0 Å². The van der Waals surface area contributed by atoms with Gasteiger partial charge in [0.05, 0.1) is 15.9 Å². The smallest absolute Gasteiger partial charge is 0.348 e. The first kappa shape index (κ1) is 21.0. The highest BCUT2D eigenvalue weighted by Gasteiger charge is 2.22. The van der Waals surface area contributed by atoms with E-state index in [0.717, 1.165) is 31.2 Å². The Balaban J connectivity index is 1.60. The Morgan fingerprint density at radius 1 is 1.27 bits per heavy atom. The van der Waals surface area contributed by atoms with Gasteiger partial charge in [-0.05, 0) is 55.5 Å². The lowest BCUT2D eigenvalue weighted by molar-refractivity contribution is 0.0464. The Bertz CT molecular complexity index is 1190. The van der Waals surface area contributed by atoms with Crippen LogP contribution in [0.15, 0.2) is 29.2 Å². The lowest BCUT2D eigenvalue weighted by Gasteiger charge is -2.11. The van der Waals surface area contributed by atoms with Gasteiger partial charge in [0.15, 0.2) is 0 Å². The van der Waals surface area contributed by atoms with Crippen molar-refractivity contribution in [3.05, 3.63) is 45.4 Å². The maximum absolute atomic E-state index is 12.5. The molecule has 0 bridgehead atoms. The number of sulfonamides is 1. The van der Waals surface area contributed by atoms with Gasteiger partial charge in [0.25, 0.3) is 0 Å². The van der Waals surface area contributed by atoms with Crippen LogP contribution >= 0.6 is 11.3 Å². The van der Waals surface area contributed by atoms with Crippen LogP contribution in [0.5, 0.6) is 0 Å². The van der Waals surface area contributed by atoms with Crippen LogP contribution in [-0.4, -0.2) is 42.3 Å². The molecule has 2 aromatic heterocycles. The molecule has 0 saturated carbocycles. The van der Waals surface area contributed by atoms with E-state index >= 15 is 0 Å². The molecule has 0 amide bonds. The van der Waals surface area contributed by atoms with Gasteiger partial charge in [0, 0.05) is 25.5 Å². The summed E-state index contributed by atoms with van der Waals surface area (Å²) in [5.41, 5.74) is 2.67. The SMILES string of the molecule is CCCn1c(COC(=O)c2cc3c(s2)CCC3)nc2cc(S(=O)(=O)N(C)C)ccc21. The Hall–Kier alpha value is -2.23. The Labute approximate surface area is 180 Å². The molecule has 160 valence electrons. The lowest BCUT2D eigenvalue weighted by Crippen LogP contribution is -2.22. The number of carbonyl (C=O) groups excluding carboxylic acids is 1. The van der Waals surface area contributed by atoms with Crippen molar-refractivity contribution in [2.75, 3.05) is 14.1 Å². The first-order valence-corrected chi connectivity index (χ1v) is 12.3. The second-order valence-corrected chi connectivity index (χ2v) is 10.9. The number of ether oxygens (including phenoxy) is 1. The number of nitrogens with zero attached hydrogens (tertiary/aromatic N) is 3. The highest BCUT2D eigenvalue weighted by atomic mass is 32.2. The third kappa shape index (κ3) is 3.77. The Kier molecular flexibility index (Phi) is 5.69. The fourth-order valence-corrected chi connectivity index (χ4v) is 5.81. The van der Waals surface area contributed by atoms with E-state index in [-0.39, 0.29) is 17.5 Å². The van der Waals surface area contributed by atoms with Gasteiger partial charge < -0.3 is 9.30 Å². The fraction of sp³-hybridized carbons (Fsp3) is 0.429. The summed E-state index contributed by atoms with van der Waals surface area (Å²) in [5, 5.41) is 0. The van der Waals surface area contributed by atoms with Crippen molar-refractivity contribution >= 4 is 38.4 Å². The summed E-state index contributed by atoms with van der Waals surface area (Å²) >= 11 is 1.52. The molecule has 3 aromatic rings. The summed E-state index contributed by atoms with van der Waals surface area (Å²) in [6.45, 7) is 2.81. The maximum atomic E-state index is 12.5. The number of esters is 1. The van der Waals surface area contributed by atoms with Gasteiger partial charge in [-0.3, -0.25) is 0 Å². The van der Waals surface area contributed by atoms with Gasteiger partial charge in [-0.1, -0.05) is 6.92 Å². The first-order chi connectivity index (χ1) is 14.3. The van der Waals surface area contributed by atoms with Crippen LogP contribution in [-0.2, 0) is 40.8 Å². The van der Waals surface area contributed by atoms with Crippen LogP contribution in [0.1, 0.15) is 45.7 Å². The predicted molar refractivity (Wildman–Crippen MR) is 116 cm³/mol. The fourth-order valence-electron chi connectivity index (χ4n) is 3.74. The molecule has 9 heteroatoms. The van der Waals surface area contributed by atoms with E-state index < -0.39 is 10.0 Å². The monoisotopic (exact) mass is 447 g/mol. The van der Waals surface area contributed by atoms with E-state index in [4.69, 9.17) is 4.74 Å². The number of benzene rings is 1. The van der Waals surface area contributed by atoms with Gasteiger partial charge in [-0.2, -0.15) is 0 Å². The number of hydrogen-bond acceptors (Lipinski definition) is 6. The van der Waals surface area contributed by atoms with Crippen LogP contribution in [0.2, 0.25) is 0 Å². The molecule has 2 heterocycles. The summed E-state index contributed by atoms with van der Waals surface area (Å²) < 4.78 is 33.6. The number of aromatic nitrogens is 2. The third-order valence-electron chi connectivity index (χ3n) is 5.30. The lowest BCUT2D eigenvalue weighted by atomic mass is 10.2. The average molecular weight is 448 g/mol. The van der Waals surface area contributed by atoms with Crippen LogP contribution < -0.4 is 0 Å². The molecule has 0 fully saturated rings. The molecular weight excluding hydrogens is 422 g/mol. The minimum atomic E-state index is -3.54. The normalized spacial score (nSPS) is 13.9. The Morgan fingerprint density at radius 2 is 2.07 bits per heavy atom. The molecule has 1 aliphatic carbocycles. The van der Waals surface area contributed by atoms with E-state index in [2.05, 4.69) is 11.9 Å². The molecule has 0 aliphatic heterocycles. The quantitative estimate of drug-likeness (QED) is 0.517. The average Bonchev–Trinajstić information content (AvgIpc) is 3.39. The highest BCUT2D eigenvalue weighted by Crippen LogP contribution is 2.31. The van der Waals surface area contributed by atoms with Crippen LogP contribution in [0.4, 0.5) is 0 Å². The van der Waals surface area contributed by atoms with E-state index in [0.29, 0.717) is 22.8 Å². The van der Waals surface area contributed by atoms with Crippen LogP contribution in [0.25, 0.3) is 11.0 Å². The van der Waals surface area contributed by atoms with Crippen molar-refractivity contribution in [1.29, 1.82) is 0 Å². The summed E-state index contributed by atoms with van der Waals surface area (Å²) in [6, 6.07) is 6.88. The summed E-state index contributed by atoms with van der Waals surface area (Å²) in [5.74, 6) is 0.282. The van der Waals surface area contributed by atoms with E-state index in [1.54, 1.807) is 18.2 Å². The largest absolute Gasteiger partial charge is 0.453 e. The van der Waals surface area contributed by atoms with Crippen molar-refractivity contribution in [2.45, 2.75) is 50.7 Å². The molecule has 4 rings (SSSR count). The molecule has 0 unspecified atom stereocenters. The molecular formula is C21H25N3O4S2. The number of carbonyl (C=O) groups is 1. The van der Waals surface area contributed by atoms with Crippen LogP contribution in [0, 0.1) is 0 Å². The van der Waals surface area contributed by atoms with Gasteiger partial charge in [0.2, 0.25) is 10.0 Å². The molecule has 7 nitrogen and oxygen atoms in total. The van der Waals surface area contributed by atoms with Crippen molar-refractivity contribution in [2.24, 2.45) is 0 Å². The molecule has 1 aliphatic rings. The van der Waals surface area contributed by atoms with E-state index in [9.17, 15) is 13.2 Å². The number of rotatable bonds is 7. The highest BCUT2D eigenvalue weighted by molar-refractivity contribution is 7.89. The predicted octanol–water partition coefficient (Wildman–Crippen LogP) is 3.60. The third-order valence-corrected chi connectivity index (χ3v) is 8.33. The van der Waals surface area contributed by atoms with Crippen molar-refractivity contribution < 1.29 is 17.9 Å². The second kappa shape index (κ2) is 8.13. The molecule has 0 N–H and O–H groups in total. The van der Waals surface area contributed by atoms with Crippen molar-refractivity contribution in [3.8, 4) is 0 Å². The van der Waals surface area contributed by atoms with Gasteiger partial charge in [0.1, 0.15) is 17.3 Å². The van der Waals surface area contributed by atoms with E-state index in [1.807, 2.05) is 10.6 Å². The van der Waals surface area contributed by atoms with Crippen molar-refractivity contribution in [1.82, 2.24) is 13.9 Å². The molecule has 0 radical (unpaired) electrons. The van der Waals surface area contributed by atoms with Gasteiger partial charge in [-0.25, -0.2) is 22.5 Å². The maximum Gasteiger partial charge on any atom is 0.348 e. The summed E-state index contributed by atoms with van der Waals surface area (Å²) in [7, 11) is -0.544. The zero-order chi connectivity index (χ0) is 21.5. The zero-order valence-electron chi connectivity index (χ0n) is 17.3. The van der Waals surface area contributed by atoms with Gasteiger partial charge >= 0.3 is 5.97 Å². The Morgan fingerprint density at radius 3 is 2.77 bits per heavy atom. The molecule has 1 aromatic carbocycles. The minimum absolute atomic E-state index is 0.0475. The van der Waals surface area contributed by atoms with Gasteiger partial charge in [-0.15, -0.1) is 11.3 Å². The zero-order valence-corrected chi connectivity index (χ0v) is 19.0. The number of fused-ring (bicyclic) bond motifs is 2. The standard InChI is InChI=1S/C21H25N3O4S2/c1-4-10-24-17-9-8-15(30(26,27)23(2)3)12-16(17)22-20(24)13-28-21(25)19-11-14-6-5-7-18(14)29-19/h8-9,11-12H,4-7,10,13H2,1-3H3. The number of hydrogen-bond donors (Lipinski definition) is 0. The number of thiophene rings is 1. The second-order valence-electron chi connectivity index (χ2n) is 7.61. The number of aryl methyl sites for hydroxylation is 3. The van der Waals surface area contributed by atoms with Crippen LogP contribution in [0.3, 0.4) is 0 Å². The first-order valence-electron chi connectivity index (χ1n) is 10.0. The topological polar surface area (TPSA) is 81.5 Å². The summed E-state index contributed by atoms with van der Waals surface area (Å²) in [6.07, 6.45) is 4.10. The molecule has 0 atom stereocenters. The van der Waals surface area contributed by atoms with E-state index in [1.165, 1.54) is 40.2 Å². The molecule has 0 saturated heterocycles. The number of imidazole rings is 1. The molecule has 30 heavy (non-hydrogen) atoms.